The maximum absolute atomic E-state index is 12.8. The molecule has 3 heteroatoms. The van der Waals surface area contributed by atoms with Gasteiger partial charge in [0.1, 0.15) is 13.1 Å². The van der Waals surface area contributed by atoms with E-state index in [1.165, 1.54) is 12.8 Å². The van der Waals surface area contributed by atoms with E-state index in [0.717, 1.165) is 55.7 Å². The summed E-state index contributed by atoms with van der Waals surface area (Å²) in [5.41, 5.74) is 1.09. The molecule has 0 unspecified atom stereocenters. The minimum atomic E-state index is 0.125. The number of carbonyl (C=O) groups is 1. The third kappa shape index (κ3) is 6.21. The summed E-state index contributed by atoms with van der Waals surface area (Å²) < 4.78 is 6.46. The highest BCUT2D eigenvalue weighted by atomic mass is 16.5. The standard InChI is InChI=1S/C21H32NO2/c1-3-4-6-11-20(18-22(2)14-16-24-17-15-22)21(23)13-12-19-9-7-5-8-10-19/h5,7-10,12-13,20H,3-4,6,11,14-18H2,1-2H3/q+1/b13-12-/t20-/m1/s1. The molecule has 24 heavy (non-hydrogen) atoms. The normalized spacial score (nSPS) is 18.6. The van der Waals surface area contributed by atoms with Crippen LogP contribution in [0, 0.1) is 5.92 Å². The van der Waals surface area contributed by atoms with Gasteiger partial charge in [-0.15, -0.1) is 0 Å². The van der Waals surface area contributed by atoms with E-state index in [-0.39, 0.29) is 11.7 Å². The first kappa shape index (κ1) is 18.9. The Kier molecular flexibility index (Phi) is 7.67. The van der Waals surface area contributed by atoms with Crippen molar-refractivity contribution in [1.82, 2.24) is 0 Å². The van der Waals surface area contributed by atoms with E-state index < -0.39 is 0 Å². The molecule has 132 valence electrons. The summed E-state index contributed by atoms with van der Waals surface area (Å²) >= 11 is 0. The molecule has 0 radical (unpaired) electrons. The molecule has 0 saturated carbocycles. The monoisotopic (exact) mass is 330 g/mol. The third-order valence-corrected chi connectivity index (χ3v) is 5.01. The fraction of sp³-hybridized carbons (Fsp3) is 0.571. The second kappa shape index (κ2) is 9.75. The van der Waals surface area contributed by atoms with E-state index in [0.29, 0.717) is 0 Å². The summed E-state index contributed by atoms with van der Waals surface area (Å²) in [5, 5.41) is 0. The average molecular weight is 330 g/mol. The highest BCUT2D eigenvalue weighted by molar-refractivity contribution is 5.95. The average Bonchev–Trinajstić information content (AvgIpc) is 2.60. The smallest absolute Gasteiger partial charge is 0.164 e. The summed E-state index contributed by atoms with van der Waals surface area (Å²) in [6, 6.07) is 10.1. The van der Waals surface area contributed by atoms with Crippen LogP contribution in [0.15, 0.2) is 36.4 Å². The molecule has 1 fully saturated rings. The highest BCUT2D eigenvalue weighted by Crippen LogP contribution is 2.19. The van der Waals surface area contributed by atoms with Crippen molar-refractivity contribution in [3.8, 4) is 0 Å². The van der Waals surface area contributed by atoms with Gasteiger partial charge in [-0.2, -0.15) is 0 Å². The summed E-state index contributed by atoms with van der Waals surface area (Å²) in [7, 11) is 2.27. The molecule has 0 N–H and O–H groups in total. The molecule has 1 aromatic carbocycles. The quantitative estimate of drug-likeness (QED) is 0.389. The Morgan fingerprint density at radius 3 is 2.58 bits per heavy atom. The van der Waals surface area contributed by atoms with Crippen LogP contribution in [-0.4, -0.2) is 50.2 Å². The van der Waals surface area contributed by atoms with Gasteiger partial charge < -0.3 is 9.22 Å². The Morgan fingerprint density at radius 2 is 1.92 bits per heavy atom. The first-order valence-electron chi connectivity index (χ1n) is 9.31. The molecule has 1 aliphatic rings. The van der Waals surface area contributed by atoms with Gasteiger partial charge in [-0.3, -0.25) is 4.79 Å². The Balaban J connectivity index is 2.00. The molecule has 2 rings (SSSR count). The minimum Gasteiger partial charge on any atom is -0.370 e. The number of allylic oxidation sites excluding steroid dienone is 1. The van der Waals surface area contributed by atoms with Crippen molar-refractivity contribution in [2.75, 3.05) is 39.9 Å². The summed E-state index contributed by atoms with van der Waals surface area (Å²) in [4.78, 5) is 12.8. The summed E-state index contributed by atoms with van der Waals surface area (Å²) in [6.45, 7) is 6.80. The van der Waals surface area contributed by atoms with Crippen molar-refractivity contribution in [2.45, 2.75) is 32.6 Å². The van der Waals surface area contributed by atoms with Gasteiger partial charge in [0.25, 0.3) is 0 Å². The zero-order valence-electron chi connectivity index (χ0n) is 15.2. The molecule has 0 aliphatic carbocycles. The molecule has 0 bridgehead atoms. The first-order valence-corrected chi connectivity index (χ1v) is 9.31. The van der Waals surface area contributed by atoms with E-state index in [1.54, 1.807) is 6.08 Å². The van der Waals surface area contributed by atoms with Gasteiger partial charge in [-0.25, -0.2) is 0 Å². The van der Waals surface area contributed by atoms with Gasteiger partial charge >= 0.3 is 0 Å². The number of ether oxygens (including phenoxy) is 1. The number of benzene rings is 1. The number of likely N-dealkylation sites (N-methyl/N-ethyl adjacent to an activating group) is 1. The Bertz CT molecular complexity index is 518. The number of unbranched alkanes of at least 4 members (excludes halogenated alkanes) is 2. The molecule has 0 amide bonds. The Morgan fingerprint density at radius 1 is 1.21 bits per heavy atom. The Hall–Kier alpha value is -1.45. The number of hydrogen-bond acceptors (Lipinski definition) is 2. The maximum Gasteiger partial charge on any atom is 0.164 e. The van der Waals surface area contributed by atoms with Crippen LogP contribution in [-0.2, 0) is 9.53 Å². The molecule has 0 aromatic heterocycles. The van der Waals surface area contributed by atoms with E-state index in [4.69, 9.17) is 4.74 Å². The van der Waals surface area contributed by atoms with Crippen LogP contribution in [0.3, 0.4) is 0 Å². The number of morpholine rings is 1. The number of hydrogen-bond donors (Lipinski definition) is 0. The van der Waals surface area contributed by atoms with Gasteiger partial charge in [0, 0.05) is 0 Å². The largest absolute Gasteiger partial charge is 0.370 e. The second-order valence-corrected chi connectivity index (χ2v) is 7.20. The minimum absolute atomic E-state index is 0.125. The third-order valence-electron chi connectivity index (χ3n) is 5.01. The number of nitrogens with zero attached hydrogens (tertiary/aromatic N) is 1. The van der Waals surface area contributed by atoms with Gasteiger partial charge in [-0.05, 0) is 18.1 Å². The van der Waals surface area contributed by atoms with Crippen molar-refractivity contribution in [3.05, 3.63) is 42.0 Å². The van der Waals surface area contributed by atoms with Crippen molar-refractivity contribution in [2.24, 2.45) is 5.92 Å². The lowest BCUT2D eigenvalue weighted by atomic mass is 9.94. The van der Waals surface area contributed by atoms with Gasteiger partial charge in [0.15, 0.2) is 5.78 Å². The van der Waals surface area contributed by atoms with Crippen LogP contribution in [0.25, 0.3) is 6.08 Å². The van der Waals surface area contributed by atoms with Crippen molar-refractivity contribution >= 4 is 11.9 Å². The highest BCUT2D eigenvalue weighted by Gasteiger charge is 2.31. The van der Waals surface area contributed by atoms with Gasteiger partial charge in [-0.1, -0.05) is 62.6 Å². The summed E-state index contributed by atoms with van der Waals surface area (Å²) in [5.74, 6) is 0.403. The van der Waals surface area contributed by atoms with Crippen LogP contribution >= 0.6 is 0 Å². The predicted molar refractivity (Wildman–Crippen MR) is 99.7 cm³/mol. The molecular weight excluding hydrogens is 298 g/mol. The predicted octanol–water partition coefficient (Wildman–Crippen LogP) is 3.94. The lowest BCUT2D eigenvalue weighted by molar-refractivity contribution is -0.919. The van der Waals surface area contributed by atoms with Gasteiger partial charge in [0.2, 0.25) is 0 Å². The number of ketones is 1. The second-order valence-electron chi connectivity index (χ2n) is 7.20. The van der Waals surface area contributed by atoms with Crippen LogP contribution in [0.5, 0.6) is 0 Å². The topological polar surface area (TPSA) is 26.3 Å². The molecule has 1 aliphatic heterocycles. The van der Waals surface area contributed by atoms with Crippen molar-refractivity contribution in [1.29, 1.82) is 0 Å². The zero-order valence-corrected chi connectivity index (χ0v) is 15.2. The number of carbonyl (C=O) groups excluding carboxylic acids is 1. The molecule has 3 nitrogen and oxygen atoms in total. The first-order chi connectivity index (χ1) is 11.6. The molecule has 0 spiro atoms. The molecule has 1 saturated heterocycles. The van der Waals surface area contributed by atoms with Crippen molar-refractivity contribution < 1.29 is 14.0 Å². The molecule has 1 heterocycles. The molecular formula is C21H32NO2+. The van der Waals surface area contributed by atoms with Crippen LogP contribution < -0.4 is 0 Å². The van der Waals surface area contributed by atoms with Crippen LogP contribution in [0.4, 0.5) is 0 Å². The van der Waals surface area contributed by atoms with Crippen LogP contribution in [0.1, 0.15) is 38.2 Å². The van der Waals surface area contributed by atoms with Gasteiger partial charge in [0.05, 0.1) is 32.7 Å². The fourth-order valence-electron chi connectivity index (χ4n) is 3.34. The van der Waals surface area contributed by atoms with Crippen molar-refractivity contribution in [3.63, 3.8) is 0 Å². The number of rotatable bonds is 9. The van der Waals surface area contributed by atoms with E-state index in [9.17, 15) is 4.79 Å². The number of quaternary nitrogens is 1. The molecule has 1 aromatic rings. The molecule has 1 atom stereocenters. The zero-order chi connectivity index (χ0) is 17.3. The fourth-order valence-corrected chi connectivity index (χ4v) is 3.34. The van der Waals surface area contributed by atoms with E-state index in [2.05, 4.69) is 14.0 Å². The lowest BCUT2D eigenvalue weighted by Crippen LogP contribution is -2.54. The lowest BCUT2D eigenvalue weighted by Gasteiger charge is -2.39. The maximum atomic E-state index is 12.8. The van der Waals surface area contributed by atoms with E-state index >= 15 is 0 Å². The van der Waals surface area contributed by atoms with Crippen LogP contribution in [0.2, 0.25) is 0 Å². The van der Waals surface area contributed by atoms with E-state index in [1.807, 2.05) is 36.4 Å². The SMILES string of the molecule is CCCCC[C@H](C[N+]1(C)CCOCC1)C(=O)/C=C\c1ccccc1. The summed E-state index contributed by atoms with van der Waals surface area (Å²) in [6.07, 6.45) is 8.29. The Labute approximate surface area is 146 Å².